The Morgan fingerprint density at radius 2 is 1.09 bits per heavy atom. The van der Waals surface area contributed by atoms with Crippen molar-refractivity contribution in [2.75, 3.05) is 16.9 Å². The predicted octanol–water partition coefficient (Wildman–Crippen LogP) is 8.42. The van der Waals surface area contributed by atoms with E-state index < -0.39 is 86.3 Å². The Hall–Kier alpha value is -4.40. The average molecular weight is 858 g/mol. The van der Waals surface area contributed by atoms with Crippen molar-refractivity contribution in [3.8, 4) is 11.5 Å². The third-order valence-electron chi connectivity index (χ3n) is 5.71. The van der Waals surface area contributed by atoms with Crippen LogP contribution in [0.25, 0.3) is 0 Å². The van der Waals surface area contributed by atoms with Gasteiger partial charge in [-0.1, -0.05) is 0 Å². The molecule has 0 fully saturated rings. The fourth-order valence-corrected chi connectivity index (χ4v) is 4.89. The summed E-state index contributed by atoms with van der Waals surface area (Å²) in [6, 6.07) is 2.18. The third-order valence-corrected chi connectivity index (χ3v) is 7.46. The highest BCUT2D eigenvalue weighted by Gasteiger charge is 2.49. The molecule has 302 valence electrons. The first kappa shape index (κ1) is 45.8. The van der Waals surface area contributed by atoms with Gasteiger partial charge in [0, 0.05) is 18.2 Å². The molecule has 16 nitrogen and oxygen atoms in total. The number of rotatable bonds is 7. The number of nitrogens with zero attached hydrogens (tertiary/aromatic N) is 4. The fourth-order valence-electron chi connectivity index (χ4n) is 3.85. The number of amides is 4. The van der Waals surface area contributed by atoms with E-state index in [1.54, 1.807) is 0 Å². The molecule has 0 aliphatic rings. The van der Waals surface area contributed by atoms with Crippen molar-refractivity contribution in [3.05, 3.63) is 33.9 Å². The molecule has 0 saturated heterocycles. The molecule has 0 spiro atoms. The lowest BCUT2D eigenvalue weighted by atomic mass is 10.1. The van der Waals surface area contributed by atoms with Crippen molar-refractivity contribution in [2.24, 2.45) is 0 Å². The van der Waals surface area contributed by atoms with Crippen LogP contribution >= 0.6 is 15.9 Å². The summed E-state index contributed by atoms with van der Waals surface area (Å²) in [5.41, 5.74) is -10.7. The molecular formula is C33H44BrF3N4O12S. The molecule has 54 heavy (non-hydrogen) atoms. The summed E-state index contributed by atoms with van der Waals surface area (Å²) >= 11 is 2.98. The highest BCUT2D eigenvalue weighted by atomic mass is 79.9. The van der Waals surface area contributed by atoms with Crippen molar-refractivity contribution in [1.29, 1.82) is 0 Å². The van der Waals surface area contributed by atoms with E-state index in [0.717, 1.165) is 19.4 Å². The van der Waals surface area contributed by atoms with Gasteiger partial charge >= 0.3 is 40.0 Å². The Bertz CT molecular complexity index is 1810. The van der Waals surface area contributed by atoms with Crippen LogP contribution in [0.2, 0.25) is 0 Å². The van der Waals surface area contributed by atoms with E-state index in [4.69, 9.17) is 23.7 Å². The van der Waals surface area contributed by atoms with E-state index in [9.17, 15) is 40.8 Å². The number of halogens is 4. The number of methoxy groups -OCH3 is 1. The molecule has 2 rings (SSSR count). The van der Waals surface area contributed by atoms with Crippen molar-refractivity contribution >= 4 is 62.2 Å². The maximum Gasteiger partial charge on any atom is 0.534 e. The van der Waals surface area contributed by atoms with Gasteiger partial charge in [-0.25, -0.2) is 24.2 Å². The van der Waals surface area contributed by atoms with E-state index in [0.29, 0.717) is 9.80 Å². The minimum absolute atomic E-state index is 0.0236. The van der Waals surface area contributed by atoms with Crippen LogP contribution in [0.1, 0.15) is 94.2 Å². The fraction of sp³-hybridized carbons (Fsp3) is 0.576. The number of alkyl halides is 3. The van der Waals surface area contributed by atoms with E-state index in [2.05, 4.69) is 30.1 Å². The molecule has 0 aliphatic carbocycles. The number of aromatic nitrogens is 2. The second-order valence-electron chi connectivity index (χ2n) is 15.4. The summed E-state index contributed by atoms with van der Waals surface area (Å²) in [4.78, 5) is 63.6. The Morgan fingerprint density at radius 1 is 0.704 bits per heavy atom. The van der Waals surface area contributed by atoms with Gasteiger partial charge in [-0.15, -0.1) is 4.90 Å². The zero-order chi connectivity index (χ0) is 42.0. The molecule has 0 saturated carbocycles. The normalized spacial score (nSPS) is 12.7. The van der Waals surface area contributed by atoms with Gasteiger partial charge in [0.25, 0.3) is 0 Å². The monoisotopic (exact) mass is 856 g/mol. The van der Waals surface area contributed by atoms with E-state index in [1.807, 2.05) is 0 Å². The molecule has 1 aromatic carbocycles. The zero-order valence-corrected chi connectivity index (χ0v) is 34.4. The Kier molecular flexibility index (Phi) is 13.7. The van der Waals surface area contributed by atoms with Gasteiger partial charge in [0.05, 0.1) is 7.11 Å². The third kappa shape index (κ3) is 13.2. The van der Waals surface area contributed by atoms with Gasteiger partial charge in [0.1, 0.15) is 32.6 Å². The predicted molar refractivity (Wildman–Crippen MR) is 191 cm³/mol. The van der Waals surface area contributed by atoms with Gasteiger partial charge in [0.15, 0.2) is 11.6 Å². The lowest BCUT2D eigenvalue weighted by Gasteiger charge is -2.30. The number of hydrogen-bond acceptors (Lipinski definition) is 14. The van der Waals surface area contributed by atoms with Crippen molar-refractivity contribution in [2.45, 2.75) is 117 Å². The second-order valence-corrected chi connectivity index (χ2v) is 17.7. The van der Waals surface area contributed by atoms with Crippen LogP contribution in [0.3, 0.4) is 0 Å². The Labute approximate surface area is 319 Å². The smallest absolute Gasteiger partial charge is 0.495 e. The van der Waals surface area contributed by atoms with Crippen molar-refractivity contribution in [1.82, 2.24) is 9.97 Å². The summed E-state index contributed by atoms with van der Waals surface area (Å²) in [6.07, 6.45) is -4.77. The second kappa shape index (κ2) is 16.1. The molecule has 0 radical (unpaired) electrons. The number of ether oxygens (including phenoxy) is 5. The van der Waals surface area contributed by atoms with Crippen LogP contribution in [0.5, 0.6) is 11.5 Å². The molecule has 0 aliphatic heterocycles. The van der Waals surface area contributed by atoms with Gasteiger partial charge < -0.3 is 27.9 Å². The van der Waals surface area contributed by atoms with Gasteiger partial charge in [0.2, 0.25) is 5.95 Å². The Balaban J connectivity index is 3.04. The molecule has 0 atom stereocenters. The summed E-state index contributed by atoms with van der Waals surface area (Å²) < 4.78 is 94.7. The summed E-state index contributed by atoms with van der Waals surface area (Å²) in [5.74, 6) is -2.40. The molecule has 21 heteroatoms. The number of imide groups is 2. The minimum atomic E-state index is -6.16. The minimum Gasteiger partial charge on any atom is -0.495 e. The molecule has 0 N–H and O–H groups in total. The number of hydrogen-bond donors (Lipinski definition) is 0. The molecular weight excluding hydrogens is 813 g/mol. The van der Waals surface area contributed by atoms with Gasteiger partial charge in [-0.05, 0) is 117 Å². The maximum absolute atomic E-state index is 13.8. The highest BCUT2D eigenvalue weighted by Crippen LogP contribution is 2.40. The van der Waals surface area contributed by atoms with Crippen LogP contribution in [0.4, 0.5) is 44.1 Å². The molecule has 2 aromatic rings. The topological polar surface area (TPSA) is 190 Å². The van der Waals surface area contributed by atoms with Crippen LogP contribution in [-0.2, 0) is 35.5 Å². The lowest BCUT2D eigenvalue weighted by molar-refractivity contribution is -0.0500. The lowest BCUT2D eigenvalue weighted by Crippen LogP contribution is -2.46. The summed E-state index contributed by atoms with van der Waals surface area (Å²) in [7, 11) is -5.02. The molecule has 1 aromatic heterocycles. The number of carbonyl (C=O) groups excluding carboxylic acids is 4. The first-order valence-corrected chi connectivity index (χ1v) is 18.1. The van der Waals surface area contributed by atoms with Crippen molar-refractivity contribution < 1.29 is 68.6 Å². The quantitative estimate of drug-likeness (QED) is 0.146. The largest absolute Gasteiger partial charge is 0.534 e. The first-order chi connectivity index (χ1) is 24.1. The van der Waals surface area contributed by atoms with Crippen LogP contribution in [0, 0.1) is 0 Å². The highest BCUT2D eigenvalue weighted by molar-refractivity contribution is 9.10. The molecule has 1 heterocycles. The molecule has 0 unspecified atom stereocenters. The van der Waals surface area contributed by atoms with E-state index in [1.165, 1.54) is 89.2 Å². The zero-order valence-electron chi connectivity index (χ0n) is 32.0. The van der Waals surface area contributed by atoms with E-state index >= 15 is 0 Å². The number of anilines is 2. The maximum atomic E-state index is 13.8. The molecule has 4 amide bonds. The standard InChI is InChI=1S/C33H44BrF3N4O12S/c1-29(2,3)49-25(42)40(26(43)50-30(4,5)6)23-19(14-18-15-20(48-13)22(34)21(16-18)53-54(46,47)33(35,36)37)17-38-24(39-23)41(27(44)51-31(7,8)9)28(45)52-32(10,11)12/h15-17H,14H2,1-13H3. The molecule has 0 bridgehead atoms. The van der Waals surface area contributed by atoms with Crippen LogP contribution in [0.15, 0.2) is 22.8 Å². The first-order valence-electron chi connectivity index (χ1n) is 15.9. The average Bonchev–Trinajstić information content (AvgIpc) is 2.91. The van der Waals surface area contributed by atoms with Crippen LogP contribution in [-0.4, -0.2) is 77.8 Å². The number of carbonyl (C=O) groups is 4. The van der Waals surface area contributed by atoms with Crippen LogP contribution < -0.4 is 18.7 Å². The van der Waals surface area contributed by atoms with Gasteiger partial charge in [-0.2, -0.15) is 31.5 Å². The Morgan fingerprint density at radius 3 is 1.46 bits per heavy atom. The SMILES string of the molecule is COc1cc(Cc2cnc(N(C(=O)OC(C)(C)C)C(=O)OC(C)(C)C)nc2N(C(=O)OC(C)(C)C)C(=O)OC(C)(C)C)cc(OS(=O)(=O)C(F)(F)F)c1Br. The summed E-state index contributed by atoms with van der Waals surface area (Å²) in [6.45, 7) is 18.1. The number of benzene rings is 1. The van der Waals surface area contributed by atoms with Gasteiger partial charge in [-0.3, -0.25) is 0 Å². The summed E-state index contributed by atoms with van der Waals surface area (Å²) in [5, 5.41) is 0. The van der Waals surface area contributed by atoms with E-state index in [-0.39, 0.29) is 21.3 Å². The van der Waals surface area contributed by atoms with Crippen molar-refractivity contribution in [3.63, 3.8) is 0 Å².